The zero-order valence-corrected chi connectivity index (χ0v) is 16.0. The van der Waals surface area contributed by atoms with Crippen molar-refractivity contribution in [1.82, 2.24) is 19.9 Å². The predicted octanol–water partition coefficient (Wildman–Crippen LogP) is 5.63. The summed E-state index contributed by atoms with van der Waals surface area (Å²) in [6.07, 6.45) is 5.11. The number of aromatic nitrogens is 4. The van der Waals surface area contributed by atoms with Crippen molar-refractivity contribution >= 4 is 40.1 Å². The van der Waals surface area contributed by atoms with Crippen LogP contribution in [0.2, 0.25) is 10.2 Å². The third kappa shape index (κ3) is 3.83. The smallest absolute Gasteiger partial charge is 0.157 e. The summed E-state index contributed by atoms with van der Waals surface area (Å²) in [6, 6.07) is 8.39. The quantitative estimate of drug-likeness (QED) is 0.415. The molecule has 1 aromatic carbocycles. The molecule has 0 radical (unpaired) electrons. The third-order valence-electron chi connectivity index (χ3n) is 4.14. The van der Waals surface area contributed by atoms with Gasteiger partial charge < -0.3 is 10.3 Å². The Morgan fingerprint density at radius 1 is 1.14 bits per heavy atom. The molecular weight excluding hydrogens is 400 g/mol. The Kier molecular flexibility index (Phi) is 4.98. The summed E-state index contributed by atoms with van der Waals surface area (Å²) in [7, 11) is 0. The van der Waals surface area contributed by atoms with Crippen LogP contribution >= 0.6 is 23.2 Å². The second-order valence-corrected chi connectivity index (χ2v) is 6.96. The molecule has 0 aliphatic carbocycles. The van der Waals surface area contributed by atoms with E-state index in [0.29, 0.717) is 50.3 Å². The molecule has 4 aromatic rings. The lowest BCUT2D eigenvalue weighted by atomic mass is 10.0. The molecule has 8 heteroatoms. The summed E-state index contributed by atoms with van der Waals surface area (Å²) in [5.74, 6) is -0.350. The van der Waals surface area contributed by atoms with Crippen molar-refractivity contribution in [2.45, 2.75) is 6.42 Å². The SMILES string of the molecule is C=C(Cc1ccc(-c2cnc3[nH]cc(Cl)c3n2)cc1F)Nc1ccc(Cl)nc1. The minimum absolute atomic E-state index is 0.323. The number of pyridine rings is 1. The number of hydrogen-bond donors (Lipinski definition) is 2. The van der Waals surface area contributed by atoms with E-state index in [1.807, 2.05) is 0 Å². The molecule has 4 rings (SSSR count). The van der Waals surface area contributed by atoms with Gasteiger partial charge in [0.15, 0.2) is 5.65 Å². The predicted molar refractivity (Wildman–Crippen MR) is 110 cm³/mol. The molecule has 0 saturated carbocycles. The van der Waals surface area contributed by atoms with Crippen molar-refractivity contribution in [3.05, 3.63) is 82.8 Å². The van der Waals surface area contributed by atoms with Gasteiger partial charge in [-0.25, -0.2) is 19.3 Å². The van der Waals surface area contributed by atoms with Crippen LogP contribution in [0.25, 0.3) is 22.4 Å². The van der Waals surface area contributed by atoms with Gasteiger partial charge >= 0.3 is 0 Å². The number of nitrogens with one attached hydrogen (secondary N) is 2. The van der Waals surface area contributed by atoms with Crippen molar-refractivity contribution in [3.8, 4) is 11.3 Å². The molecule has 0 bridgehead atoms. The Morgan fingerprint density at radius 2 is 2.00 bits per heavy atom. The van der Waals surface area contributed by atoms with E-state index >= 15 is 0 Å². The van der Waals surface area contributed by atoms with Gasteiger partial charge in [-0.1, -0.05) is 41.9 Å². The molecule has 3 aromatic heterocycles. The normalized spacial score (nSPS) is 11.0. The lowest BCUT2D eigenvalue weighted by Crippen LogP contribution is -2.03. The first kappa shape index (κ1) is 18.4. The zero-order chi connectivity index (χ0) is 19.7. The maximum absolute atomic E-state index is 14.6. The maximum atomic E-state index is 14.6. The minimum atomic E-state index is -0.350. The number of nitrogens with zero attached hydrogens (tertiary/aromatic N) is 3. The number of anilines is 1. The van der Waals surface area contributed by atoms with Gasteiger partial charge in [0, 0.05) is 23.9 Å². The van der Waals surface area contributed by atoms with Gasteiger partial charge in [-0.2, -0.15) is 0 Å². The first-order chi connectivity index (χ1) is 13.5. The van der Waals surface area contributed by atoms with E-state index in [-0.39, 0.29) is 5.82 Å². The standard InChI is InChI=1S/C20H14Cl2FN5/c1-11(27-14-4-5-18(22)24-8-14)6-12-2-3-13(7-16(12)23)17-10-26-20-19(28-17)15(21)9-25-20/h2-5,7-10,27H,1,6H2,(H,25,26). The average Bonchev–Trinajstić information content (AvgIpc) is 3.06. The number of rotatable bonds is 5. The van der Waals surface area contributed by atoms with Crippen LogP contribution < -0.4 is 5.32 Å². The summed E-state index contributed by atoms with van der Waals surface area (Å²) in [5.41, 5.74) is 4.19. The van der Waals surface area contributed by atoms with E-state index in [0.717, 1.165) is 5.69 Å². The fourth-order valence-electron chi connectivity index (χ4n) is 2.78. The highest BCUT2D eigenvalue weighted by atomic mass is 35.5. The molecule has 0 atom stereocenters. The summed E-state index contributed by atoms with van der Waals surface area (Å²) < 4.78 is 14.6. The molecular formula is C20H14Cl2FN5. The van der Waals surface area contributed by atoms with Crippen LogP contribution in [-0.2, 0) is 6.42 Å². The lowest BCUT2D eigenvalue weighted by molar-refractivity contribution is 0.614. The van der Waals surface area contributed by atoms with Crippen LogP contribution in [0.1, 0.15) is 5.56 Å². The number of halogens is 3. The Labute approximate surface area is 170 Å². The fraction of sp³-hybridized carbons (Fsp3) is 0.0500. The Morgan fingerprint density at radius 3 is 2.75 bits per heavy atom. The monoisotopic (exact) mass is 413 g/mol. The number of allylic oxidation sites excluding steroid dienone is 1. The first-order valence-electron chi connectivity index (χ1n) is 8.34. The highest BCUT2D eigenvalue weighted by Gasteiger charge is 2.11. The lowest BCUT2D eigenvalue weighted by Gasteiger charge is -2.11. The summed E-state index contributed by atoms with van der Waals surface area (Å²) in [6.45, 7) is 3.95. The molecule has 28 heavy (non-hydrogen) atoms. The number of benzene rings is 1. The van der Waals surface area contributed by atoms with Crippen molar-refractivity contribution in [2.75, 3.05) is 5.32 Å². The molecule has 0 aliphatic rings. The van der Waals surface area contributed by atoms with Gasteiger partial charge in [-0.3, -0.25) is 0 Å². The molecule has 0 saturated heterocycles. The van der Waals surface area contributed by atoms with Gasteiger partial charge in [0.1, 0.15) is 16.5 Å². The highest BCUT2D eigenvalue weighted by molar-refractivity contribution is 6.34. The number of H-pyrrole nitrogens is 1. The summed E-state index contributed by atoms with van der Waals surface area (Å²) in [4.78, 5) is 15.6. The van der Waals surface area contributed by atoms with E-state index in [1.54, 1.807) is 42.9 Å². The average molecular weight is 414 g/mol. The first-order valence-corrected chi connectivity index (χ1v) is 9.10. The van der Waals surface area contributed by atoms with E-state index in [1.165, 1.54) is 6.07 Å². The Balaban J connectivity index is 1.52. The van der Waals surface area contributed by atoms with Gasteiger partial charge in [0.2, 0.25) is 0 Å². The van der Waals surface area contributed by atoms with Gasteiger partial charge in [-0.05, 0) is 23.8 Å². The molecule has 5 nitrogen and oxygen atoms in total. The van der Waals surface area contributed by atoms with Crippen LogP contribution in [0.15, 0.2) is 61.2 Å². The minimum Gasteiger partial charge on any atom is -0.358 e. The van der Waals surface area contributed by atoms with Crippen LogP contribution in [0.5, 0.6) is 0 Å². The maximum Gasteiger partial charge on any atom is 0.157 e. The number of hydrogen-bond acceptors (Lipinski definition) is 4. The van der Waals surface area contributed by atoms with Gasteiger partial charge in [-0.15, -0.1) is 0 Å². The van der Waals surface area contributed by atoms with E-state index in [2.05, 4.69) is 31.8 Å². The summed E-state index contributed by atoms with van der Waals surface area (Å²) in [5, 5.41) is 3.97. The van der Waals surface area contributed by atoms with E-state index in [4.69, 9.17) is 23.2 Å². The fourth-order valence-corrected chi connectivity index (χ4v) is 3.08. The molecule has 0 unspecified atom stereocenters. The van der Waals surface area contributed by atoms with Crippen LogP contribution in [-0.4, -0.2) is 19.9 Å². The number of fused-ring (bicyclic) bond motifs is 1. The second kappa shape index (κ2) is 7.58. The third-order valence-corrected chi connectivity index (χ3v) is 4.65. The van der Waals surface area contributed by atoms with Crippen molar-refractivity contribution < 1.29 is 4.39 Å². The summed E-state index contributed by atoms with van der Waals surface area (Å²) >= 11 is 11.9. The highest BCUT2D eigenvalue weighted by Crippen LogP contribution is 2.25. The van der Waals surface area contributed by atoms with Crippen LogP contribution in [0.4, 0.5) is 10.1 Å². The molecule has 0 spiro atoms. The van der Waals surface area contributed by atoms with Crippen molar-refractivity contribution in [3.63, 3.8) is 0 Å². The van der Waals surface area contributed by atoms with Crippen LogP contribution in [0.3, 0.4) is 0 Å². The Bertz CT molecular complexity index is 1170. The van der Waals surface area contributed by atoms with Crippen molar-refractivity contribution in [2.24, 2.45) is 0 Å². The largest absolute Gasteiger partial charge is 0.358 e. The van der Waals surface area contributed by atoms with Crippen molar-refractivity contribution in [1.29, 1.82) is 0 Å². The molecule has 2 N–H and O–H groups in total. The van der Waals surface area contributed by atoms with E-state index in [9.17, 15) is 4.39 Å². The molecule has 0 aliphatic heterocycles. The Hall–Kier alpha value is -2.96. The molecule has 3 heterocycles. The van der Waals surface area contributed by atoms with Gasteiger partial charge in [0.05, 0.1) is 28.8 Å². The molecule has 140 valence electrons. The molecule has 0 fully saturated rings. The second-order valence-electron chi connectivity index (χ2n) is 6.17. The van der Waals surface area contributed by atoms with Gasteiger partial charge in [0.25, 0.3) is 0 Å². The van der Waals surface area contributed by atoms with E-state index < -0.39 is 0 Å². The topological polar surface area (TPSA) is 66.5 Å². The zero-order valence-electron chi connectivity index (χ0n) is 14.5. The molecule has 0 amide bonds. The number of aromatic amines is 1. The van der Waals surface area contributed by atoms with Crippen LogP contribution in [0, 0.1) is 5.82 Å².